The van der Waals surface area contributed by atoms with Gasteiger partial charge in [-0.1, -0.05) is 68.2 Å². The number of ketones is 2. The molecule has 1 saturated carbocycles. The van der Waals surface area contributed by atoms with Gasteiger partial charge in [0.2, 0.25) is 17.6 Å². The number of hydrogen-bond donors (Lipinski definition) is 3. The summed E-state index contributed by atoms with van der Waals surface area (Å²) in [5.74, 6) is -3.73. The number of likely N-dealkylation sites (tertiary alicyclic amines) is 1. The number of carbonyl (C=O) groups is 6. The van der Waals surface area contributed by atoms with E-state index in [0.717, 1.165) is 19.3 Å². The minimum absolute atomic E-state index is 0.0785. The van der Waals surface area contributed by atoms with Gasteiger partial charge in [0.1, 0.15) is 11.7 Å². The van der Waals surface area contributed by atoms with Gasteiger partial charge in [-0.15, -0.1) is 0 Å². The quantitative estimate of drug-likeness (QED) is 0.253. The van der Waals surface area contributed by atoms with Gasteiger partial charge >= 0.3 is 0 Å². The van der Waals surface area contributed by atoms with Crippen LogP contribution in [0.5, 0.6) is 0 Å². The Morgan fingerprint density at radius 1 is 0.938 bits per heavy atom. The standard InChI is InChI=1S/C36H56N6O6/c1-10-13-25(29(44)33(47)39-21(3)11-2)40-32(46)28-23-15-12-14-22(23)20-42(28)34(48)24(35(4,5)6)18-27(43)30(36(7,8)9)41-31(45)26-19-37-16-17-38-26/h16-17,19,21-25,28,30H,10-15,18,20H2,1-9H3,(H,39,47)(H,40,46)(H,41,45)/t21-,22-,23-,24+,25-,28-,30+/m0/s1. The van der Waals surface area contributed by atoms with Gasteiger partial charge in [0, 0.05) is 37.3 Å². The van der Waals surface area contributed by atoms with Crippen LogP contribution in [0.4, 0.5) is 0 Å². The molecule has 0 bridgehead atoms. The van der Waals surface area contributed by atoms with Crippen molar-refractivity contribution in [2.75, 3.05) is 6.54 Å². The number of hydrogen-bond acceptors (Lipinski definition) is 8. The number of carbonyl (C=O) groups excluding carboxylic acids is 6. The predicted octanol–water partition coefficient (Wildman–Crippen LogP) is 3.64. The Morgan fingerprint density at radius 3 is 2.19 bits per heavy atom. The molecule has 2 fully saturated rings. The summed E-state index contributed by atoms with van der Waals surface area (Å²) in [4.78, 5) is 91.2. The van der Waals surface area contributed by atoms with Gasteiger partial charge in [0.25, 0.3) is 11.8 Å². The number of rotatable bonds is 14. The number of nitrogens with zero attached hydrogens (tertiary/aromatic N) is 3. The maximum atomic E-state index is 14.6. The van der Waals surface area contributed by atoms with E-state index in [1.165, 1.54) is 18.6 Å². The van der Waals surface area contributed by atoms with Crippen molar-refractivity contribution in [1.82, 2.24) is 30.8 Å². The lowest BCUT2D eigenvalue weighted by Crippen LogP contribution is -2.56. The summed E-state index contributed by atoms with van der Waals surface area (Å²) in [7, 11) is 0. The number of aromatic nitrogens is 2. The van der Waals surface area contributed by atoms with Gasteiger partial charge in [-0.25, -0.2) is 4.98 Å². The number of fused-ring (bicyclic) bond motifs is 1. The molecule has 3 rings (SSSR count). The lowest BCUT2D eigenvalue weighted by molar-refractivity contribution is -0.148. The Morgan fingerprint density at radius 2 is 1.62 bits per heavy atom. The number of amides is 4. The molecule has 0 unspecified atom stereocenters. The Hall–Kier alpha value is -3.70. The van der Waals surface area contributed by atoms with Gasteiger partial charge in [-0.2, -0.15) is 0 Å². The number of Topliss-reactive ketones (excluding diaryl/α,β-unsaturated/α-hetero) is 2. The Bertz CT molecular complexity index is 1340. The van der Waals surface area contributed by atoms with E-state index in [-0.39, 0.29) is 41.7 Å². The summed E-state index contributed by atoms with van der Waals surface area (Å²) in [6, 6.07) is -2.92. The van der Waals surface area contributed by atoms with E-state index in [0.29, 0.717) is 25.8 Å². The number of nitrogens with one attached hydrogen (secondary N) is 3. The molecule has 2 heterocycles. The molecule has 48 heavy (non-hydrogen) atoms. The van der Waals surface area contributed by atoms with E-state index in [1.54, 1.807) is 4.90 Å². The molecule has 0 radical (unpaired) electrons. The van der Waals surface area contributed by atoms with E-state index in [4.69, 9.17) is 0 Å². The Labute approximate surface area is 285 Å². The first-order chi connectivity index (χ1) is 22.4. The second-order valence-electron chi connectivity index (χ2n) is 15.7. The first-order valence-corrected chi connectivity index (χ1v) is 17.5. The van der Waals surface area contributed by atoms with Crippen LogP contribution in [0.2, 0.25) is 0 Å². The van der Waals surface area contributed by atoms with Crippen LogP contribution in [0, 0.1) is 28.6 Å². The zero-order valence-electron chi connectivity index (χ0n) is 30.2. The summed E-state index contributed by atoms with van der Waals surface area (Å²) in [6.45, 7) is 17.2. The minimum Gasteiger partial charge on any atom is -0.347 e. The van der Waals surface area contributed by atoms with Gasteiger partial charge in [-0.05, 0) is 55.3 Å². The second-order valence-corrected chi connectivity index (χ2v) is 15.7. The molecule has 7 atom stereocenters. The Kier molecular flexibility index (Phi) is 13.0. The van der Waals surface area contributed by atoms with Crippen LogP contribution in [0.15, 0.2) is 18.6 Å². The molecule has 4 amide bonds. The molecular formula is C36H56N6O6. The molecule has 3 N–H and O–H groups in total. The van der Waals surface area contributed by atoms with Gasteiger partial charge < -0.3 is 20.9 Å². The molecule has 1 aliphatic heterocycles. The highest BCUT2D eigenvalue weighted by atomic mass is 16.2. The molecule has 1 saturated heterocycles. The normalized spacial score (nSPS) is 21.8. The van der Waals surface area contributed by atoms with Crippen molar-refractivity contribution < 1.29 is 28.8 Å². The van der Waals surface area contributed by atoms with Crippen molar-refractivity contribution >= 4 is 35.2 Å². The van der Waals surface area contributed by atoms with E-state index in [2.05, 4.69) is 25.9 Å². The van der Waals surface area contributed by atoms with E-state index in [1.807, 2.05) is 62.3 Å². The van der Waals surface area contributed by atoms with Crippen LogP contribution in [0.3, 0.4) is 0 Å². The highest BCUT2D eigenvalue weighted by molar-refractivity contribution is 6.38. The largest absolute Gasteiger partial charge is 0.347 e. The molecule has 266 valence electrons. The lowest BCUT2D eigenvalue weighted by atomic mass is 9.73. The van der Waals surface area contributed by atoms with Crippen molar-refractivity contribution in [3.8, 4) is 0 Å². The fourth-order valence-electron chi connectivity index (χ4n) is 6.92. The second kappa shape index (κ2) is 16.1. The first kappa shape index (κ1) is 38.7. The minimum atomic E-state index is -1.01. The third-order valence-corrected chi connectivity index (χ3v) is 9.87. The molecule has 12 heteroatoms. The summed E-state index contributed by atoms with van der Waals surface area (Å²) in [6.07, 6.45) is 8.16. The van der Waals surface area contributed by atoms with Crippen LogP contribution in [-0.4, -0.2) is 80.8 Å². The molecule has 1 aliphatic carbocycles. The van der Waals surface area contributed by atoms with Crippen molar-refractivity contribution in [1.29, 1.82) is 0 Å². The molecule has 0 spiro atoms. The zero-order valence-corrected chi connectivity index (χ0v) is 30.2. The third kappa shape index (κ3) is 9.47. The van der Waals surface area contributed by atoms with Gasteiger partial charge in [-0.3, -0.25) is 33.8 Å². The van der Waals surface area contributed by atoms with Gasteiger partial charge in [0.15, 0.2) is 5.78 Å². The average Bonchev–Trinajstić information content (AvgIpc) is 3.62. The summed E-state index contributed by atoms with van der Waals surface area (Å²) in [5.41, 5.74) is -1.25. The smallest absolute Gasteiger partial charge is 0.289 e. The van der Waals surface area contributed by atoms with E-state index >= 15 is 0 Å². The third-order valence-electron chi connectivity index (χ3n) is 9.87. The summed E-state index contributed by atoms with van der Waals surface area (Å²) >= 11 is 0. The highest BCUT2D eigenvalue weighted by Crippen LogP contribution is 2.44. The molecule has 0 aromatic carbocycles. The highest BCUT2D eigenvalue weighted by Gasteiger charge is 2.52. The van der Waals surface area contributed by atoms with Crippen molar-refractivity contribution in [2.45, 2.75) is 131 Å². The summed E-state index contributed by atoms with van der Waals surface area (Å²) < 4.78 is 0. The molecule has 1 aromatic rings. The van der Waals surface area contributed by atoms with Crippen molar-refractivity contribution in [3.05, 3.63) is 24.3 Å². The van der Waals surface area contributed by atoms with Crippen molar-refractivity contribution in [2.24, 2.45) is 28.6 Å². The van der Waals surface area contributed by atoms with Crippen molar-refractivity contribution in [3.63, 3.8) is 0 Å². The Balaban J connectivity index is 1.87. The summed E-state index contributed by atoms with van der Waals surface area (Å²) in [5, 5.41) is 8.37. The van der Waals surface area contributed by atoms with Crippen LogP contribution in [0.1, 0.15) is 118 Å². The molecule has 2 aliphatic rings. The van der Waals surface area contributed by atoms with Crippen LogP contribution in [0.25, 0.3) is 0 Å². The topological polar surface area (TPSA) is 168 Å². The molecular weight excluding hydrogens is 612 g/mol. The van der Waals surface area contributed by atoms with Crippen LogP contribution in [-0.2, 0) is 24.0 Å². The van der Waals surface area contributed by atoms with Crippen LogP contribution < -0.4 is 16.0 Å². The first-order valence-electron chi connectivity index (χ1n) is 17.5. The fraction of sp³-hybridized carbons (Fsp3) is 0.722. The fourth-order valence-corrected chi connectivity index (χ4v) is 6.92. The van der Waals surface area contributed by atoms with Gasteiger partial charge in [0.05, 0.1) is 18.3 Å². The van der Waals surface area contributed by atoms with E-state index in [9.17, 15) is 28.8 Å². The monoisotopic (exact) mass is 668 g/mol. The maximum absolute atomic E-state index is 14.6. The molecule has 1 aromatic heterocycles. The maximum Gasteiger partial charge on any atom is 0.289 e. The molecule has 12 nitrogen and oxygen atoms in total. The van der Waals surface area contributed by atoms with Crippen LogP contribution >= 0.6 is 0 Å². The van der Waals surface area contributed by atoms with E-state index < -0.39 is 58.4 Å². The zero-order chi connectivity index (χ0) is 36.0. The predicted molar refractivity (Wildman–Crippen MR) is 181 cm³/mol. The average molecular weight is 669 g/mol. The SMILES string of the molecule is CCC[C@H](NC(=O)[C@@H]1[C@H]2CCC[C@H]2CN1C(=O)[C@@H](CC(=O)[C@@H](NC(=O)c1cnccn1)C(C)(C)C)C(C)(C)C)C(=O)C(=O)N[C@@H](C)CC. The lowest BCUT2D eigenvalue weighted by Gasteiger charge is -2.38.